The van der Waals surface area contributed by atoms with Gasteiger partial charge in [0.1, 0.15) is 5.69 Å². The quantitative estimate of drug-likeness (QED) is 0.715. The van der Waals surface area contributed by atoms with E-state index in [4.69, 9.17) is 4.42 Å². The van der Waals surface area contributed by atoms with Crippen LogP contribution in [0.3, 0.4) is 0 Å². The highest BCUT2D eigenvalue weighted by molar-refractivity contribution is 5.79. The van der Waals surface area contributed by atoms with Gasteiger partial charge < -0.3 is 8.98 Å². The normalized spacial score (nSPS) is 12.4. The highest BCUT2D eigenvalue weighted by atomic mass is 19.4. The highest BCUT2D eigenvalue weighted by Crippen LogP contribution is 2.32. The van der Waals surface area contributed by atoms with E-state index in [1.54, 1.807) is 6.92 Å². The molecule has 0 spiro atoms. The van der Waals surface area contributed by atoms with Gasteiger partial charge in [0.05, 0.1) is 11.6 Å². The maximum absolute atomic E-state index is 12.8. The number of pyridine rings is 1. The summed E-state index contributed by atoms with van der Waals surface area (Å²) in [5.74, 6) is 0. The van der Waals surface area contributed by atoms with E-state index in [1.165, 1.54) is 20.2 Å². The second kappa shape index (κ2) is 3.38. The molecule has 2 rings (SSSR count). The fourth-order valence-corrected chi connectivity index (χ4v) is 2.00. The lowest BCUT2D eigenvalue weighted by Gasteiger charge is -2.15. The van der Waals surface area contributed by atoms with Crippen LogP contribution < -0.4 is 5.43 Å². The molecule has 0 aliphatic carbocycles. The minimum absolute atomic E-state index is 0.0505. The van der Waals surface area contributed by atoms with Gasteiger partial charge in [0.15, 0.2) is 5.43 Å². The van der Waals surface area contributed by atoms with Gasteiger partial charge >= 0.3 is 6.18 Å². The van der Waals surface area contributed by atoms with Gasteiger partial charge in [0, 0.05) is 18.2 Å². The van der Waals surface area contributed by atoms with Crippen molar-refractivity contribution in [2.24, 2.45) is 7.05 Å². The zero-order valence-electron chi connectivity index (χ0n) is 9.47. The summed E-state index contributed by atoms with van der Waals surface area (Å²) in [6.07, 6.45) is -3.29. The lowest BCUT2D eigenvalue weighted by molar-refractivity contribution is -0.143. The Bertz CT molecular complexity index is 649. The summed E-state index contributed by atoms with van der Waals surface area (Å²) in [6.45, 7) is 2.80. The second-order valence-electron chi connectivity index (χ2n) is 3.96. The molecule has 6 heteroatoms. The van der Waals surface area contributed by atoms with Gasteiger partial charge in [-0.3, -0.25) is 4.79 Å². The first-order valence-electron chi connectivity index (χ1n) is 4.89. The molecule has 92 valence electrons. The molecule has 0 aliphatic rings. The van der Waals surface area contributed by atoms with E-state index in [1.807, 2.05) is 0 Å². The molecular weight excluding hydrogens is 235 g/mol. The molecule has 3 nitrogen and oxygen atoms in total. The summed E-state index contributed by atoms with van der Waals surface area (Å²) in [5, 5.41) is 0.206. The Labute approximate surface area is 94.5 Å². The van der Waals surface area contributed by atoms with Crippen LogP contribution in [-0.2, 0) is 13.2 Å². The monoisotopic (exact) mass is 245 g/mol. The number of hydrogen-bond acceptors (Lipinski definition) is 2. The summed E-state index contributed by atoms with van der Waals surface area (Å²) in [4.78, 5) is 11.9. The van der Waals surface area contributed by atoms with Crippen LogP contribution in [0.15, 0.2) is 15.5 Å². The number of nitrogens with zero attached hydrogens (tertiary/aromatic N) is 1. The maximum Gasteiger partial charge on any atom is 0.431 e. The van der Waals surface area contributed by atoms with E-state index in [2.05, 4.69) is 0 Å². The predicted molar refractivity (Wildman–Crippen MR) is 55.9 cm³/mol. The van der Waals surface area contributed by atoms with Crippen LogP contribution >= 0.6 is 0 Å². The third-order valence-corrected chi connectivity index (χ3v) is 2.79. The Morgan fingerprint density at radius 1 is 1.29 bits per heavy atom. The van der Waals surface area contributed by atoms with Crippen molar-refractivity contribution in [3.63, 3.8) is 0 Å². The van der Waals surface area contributed by atoms with Gasteiger partial charge in [-0.05, 0) is 13.8 Å². The number of alkyl halides is 3. The topological polar surface area (TPSA) is 35.1 Å². The first-order chi connectivity index (χ1) is 7.75. The smallest absolute Gasteiger partial charge is 0.431 e. The van der Waals surface area contributed by atoms with Gasteiger partial charge in [-0.1, -0.05) is 0 Å². The Morgan fingerprint density at radius 3 is 2.41 bits per heavy atom. The molecule has 17 heavy (non-hydrogen) atoms. The second-order valence-corrected chi connectivity index (χ2v) is 3.96. The Morgan fingerprint density at radius 2 is 1.88 bits per heavy atom. The third kappa shape index (κ3) is 1.55. The molecule has 2 aromatic heterocycles. The molecule has 0 unspecified atom stereocenters. The number of hydrogen-bond donors (Lipinski definition) is 0. The lowest BCUT2D eigenvalue weighted by Crippen LogP contribution is -2.23. The van der Waals surface area contributed by atoms with Crippen molar-refractivity contribution >= 4 is 11.1 Å². The molecule has 0 radical (unpaired) electrons. The van der Waals surface area contributed by atoms with E-state index in [0.29, 0.717) is 5.56 Å². The van der Waals surface area contributed by atoms with E-state index in [-0.39, 0.29) is 16.7 Å². The molecule has 0 saturated heterocycles. The van der Waals surface area contributed by atoms with Gasteiger partial charge in [0.2, 0.25) is 5.71 Å². The summed E-state index contributed by atoms with van der Waals surface area (Å²) in [5.41, 5.74) is -1.42. The molecule has 2 aromatic rings. The van der Waals surface area contributed by atoms with Crippen molar-refractivity contribution < 1.29 is 17.6 Å². The average Bonchev–Trinajstić information content (AvgIpc) is 2.55. The summed E-state index contributed by atoms with van der Waals surface area (Å²) in [7, 11) is 1.24. The Balaban J connectivity index is 3.04. The minimum Gasteiger partial charge on any atom is -0.447 e. The number of furan rings is 1. The zero-order valence-corrected chi connectivity index (χ0v) is 9.47. The molecule has 0 aliphatic heterocycles. The van der Waals surface area contributed by atoms with Crippen molar-refractivity contribution in [1.82, 2.24) is 4.57 Å². The van der Waals surface area contributed by atoms with Crippen LogP contribution in [0.25, 0.3) is 11.1 Å². The van der Waals surface area contributed by atoms with E-state index >= 15 is 0 Å². The maximum atomic E-state index is 12.8. The summed E-state index contributed by atoms with van der Waals surface area (Å²) >= 11 is 0. The summed E-state index contributed by atoms with van der Waals surface area (Å²) in [6, 6.07) is 0. The molecule has 0 fully saturated rings. The first kappa shape index (κ1) is 11.8. The highest BCUT2D eigenvalue weighted by Gasteiger charge is 2.37. The van der Waals surface area contributed by atoms with Crippen molar-refractivity contribution in [2.45, 2.75) is 20.0 Å². The van der Waals surface area contributed by atoms with E-state index in [0.717, 1.165) is 4.57 Å². The third-order valence-electron chi connectivity index (χ3n) is 2.79. The Hall–Kier alpha value is -1.72. The van der Waals surface area contributed by atoms with Gasteiger partial charge in [-0.15, -0.1) is 0 Å². The fraction of sp³-hybridized carbons (Fsp3) is 0.364. The molecule has 0 atom stereocenters. The average molecular weight is 245 g/mol. The number of aryl methyl sites for hydroxylation is 2. The first-order valence-corrected chi connectivity index (χ1v) is 4.89. The Kier molecular flexibility index (Phi) is 2.34. The largest absolute Gasteiger partial charge is 0.447 e. The zero-order chi connectivity index (χ0) is 13.0. The lowest BCUT2D eigenvalue weighted by atomic mass is 10.1. The predicted octanol–water partition coefficient (Wildman–Crippen LogP) is 2.77. The van der Waals surface area contributed by atoms with Crippen molar-refractivity contribution in [3.8, 4) is 0 Å². The van der Waals surface area contributed by atoms with Crippen LogP contribution in [-0.4, -0.2) is 4.57 Å². The molecule has 0 bridgehead atoms. The number of aromatic nitrogens is 1. The van der Waals surface area contributed by atoms with Gasteiger partial charge in [-0.2, -0.15) is 13.2 Å². The molecule has 0 aromatic carbocycles. The fourth-order valence-electron chi connectivity index (χ4n) is 2.00. The summed E-state index contributed by atoms with van der Waals surface area (Å²) < 4.78 is 44.4. The molecule has 0 amide bonds. The molecule has 0 N–H and O–H groups in total. The molecule has 0 saturated carbocycles. The molecular formula is C11H10F3NO2. The van der Waals surface area contributed by atoms with Crippen molar-refractivity contribution in [1.29, 1.82) is 0 Å². The number of rotatable bonds is 0. The number of halogens is 3. The van der Waals surface area contributed by atoms with Crippen LogP contribution in [0.4, 0.5) is 13.2 Å². The van der Waals surface area contributed by atoms with Crippen LogP contribution in [0.5, 0.6) is 0 Å². The van der Waals surface area contributed by atoms with Crippen molar-refractivity contribution in [3.05, 3.63) is 33.3 Å². The minimum atomic E-state index is -4.58. The van der Waals surface area contributed by atoms with Gasteiger partial charge in [0.25, 0.3) is 0 Å². The van der Waals surface area contributed by atoms with Crippen LogP contribution in [0, 0.1) is 13.8 Å². The van der Waals surface area contributed by atoms with E-state index < -0.39 is 17.3 Å². The van der Waals surface area contributed by atoms with Crippen molar-refractivity contribution in [2.75, 3.05) is 0 Å². The van der Waals surface area contributed by atoms with Gasteiger partial charge in [-0.25, -0.2) is 0 Å². The SMILES string of the molecule is Cc1c(C(F)(F)F)n(C)c2occ(C)c2c1=O. The number of fused-ring (bicyclic) bond motifs is 1. The van der Waals surface area contributed by atoms with Crippen LogP contribution in [0.2, 0.25) is 0 Å². The standard InChI is InChI=1S/C11H10F3NO2/c1-5-4-17-10-7(5)8(16)6(2)9(15(10)3)11(12,13)14/h4H,1-3H3. The van der Waals surface area contributed by atoms with E-state index in [9.17, 15) is 18.0 Å². The van der Waals surface area contributed by atoms with Crippen LogP contribution in [0.1, 0.15) is 16.8 Å². The molecule has 2 heterocycles.